The van der Waals surface area contributed by atoms with Crippen LogP contribution in [0.4, 0.5) is 5.69 Å². The van der Waals surface area contributed by atoms with Crippen molar-refractivity contribution < 1.29 is 14.3 Å². The van der Waals surface area contributed by atoms with Crippen LogP contribution in [0.3, 0.4) is 0 Å². The molecule has 2 aliphatic heterocycles. The van der Waals surface area contributed by atoms with Gasteiger partial charge in [0.25, 0.3) is 5.91 Å². The minimum Gasteiger partial charge on any atom is -0.378 e. The normalized spacial score (nSPS) is 20.5. The van der Waals surface area contributed by atoms with Crippen molar-refractivity contribution in [3.8, 4) is 6.07 Å². The zero-order valence-corrected chi connectivity index (χ0v) is 18.1. The summed E-state index contributed by atoms with van der Waals surface area (Å²) >= 11 is 1.30. The highest BCUT2D eigenvalue weighted by Crippen LogP contribution is 2.42. The quantitative estimate of drug-likeness (QED) is 0.547. The fourth-order valence-electron chi connectivity index (χ4n) is 3.65. The fraction of sp³-hybridized carbons (Fsp3) is 0.292. The molecule has 2 aliphatic rings. The summed E-state index contributed by atoms with van der Waals surface area (Å²) < 4.78 is 5.33. The number of amides is 2. The minimum absolute atomic E-state index is 0.00973. The second kappa shape index (κ2) is 9.38. The van der Waals surface area contributed by atoms with Crippen LogP contribution in [0, 0.1) is 18.3 Å². The molecule has 0 radical (unpaired) electrons. The molecule has 2 amide bonds. The highest BCUT2D eigenvalue weighted by Gasteiger charge is 2.41. The van der Waals surface area contributed by atoms with Crippen LogP contribution in [-0.4, -0.2) is 48.3 Å². The molecule has 0 aromatic heterocycles. The van der Waals surface area contributed by atoms with E-state index in [2.05, 4.69) is 6.07 Å². The predicted molar refractivity (Wildman–Crippen MR) is 120 cm³/mol. The molecule has 2 heterocycles. The van der Waals surface area contributed by atoms with Gasteiger partial charge >= 0.3 is 0 Å². The zero-order chi connectivity index (χ0) is 21.8. The third-order valence-electron chi connectivity index (χ3n) is 5.35. The highest BCUT2D eigenvalue weighted by atomic mass is 32.2. The van der Waals surface area contributed by atoms with Crippen LogP contribution in [0.1, 0.15) is 11.1 Å². The van der Waals surface area contributed by atoms with E-state index in [1.54, 1.807) is 4.90 Å². The van der Waals surface area contributed by atoms with Crippen LogP contribution in [0.5, 0.6) is 0 Å². The van der Waals surface area contributed by atoms with E-state index < -0.39 is 5.25 Å². The number of rotatable bonds is 4. The molecule has 158 valence electrons. The van der Waals surface area contributed by atoms with Gasteiger partial charge in [-0.1, -0.05) is 59.8 Å². The maximum Gasteiger partial charge on any atom is 0.267 e. The number of carbonyl (C=O) groups excluding carboxylic acids is 2. The Morgan fingerprint density at radius 1 is 1.13 bits per heavy atom. The average Bonchev–Trinajstić information content (AvgIpc) is 3.12. The van der Waals surface area contributed by atoms with Crippen LogP contribution < -0.4 is 4.90 Å². The smallest absolute Gasteiger partial charge is 0.267 e. The predicted octanol–water partition coefficient (Wildman–Crippen LogP) is 3.28. The molecule has 0 aliphatic carbocycles. The van der Waals surface area contributed by atoms with Gasteiger partial charge in [-0.25, -0.2) is 0 Å². The Balaban J connectivity index is 1.71. The molecule has 1 atom stereocenters. The van der Waals surface area contributed by atoms with E-state index >= 15 is 0 Å². The Hall–Kier alpha value is -3.08. The third-order valence-corrected chi connectivity index (χ3v) is 6.61. The monoisotopic (exact) mass is 433 g/mol. The van der Waals surface area contributed by atoms with Crippen LogP contribution in [0.2, 0.25) is 0 Å². The van der Waals surface area contributed by atoms with Gasteiger partial charge in [-0.05, 0) is 31.0 Å². The van der Waals surface area contributed by atoms with Gasteiger partial charge in [-0.3, -0.25) is 14.5 Å². The van der Waals surface area contributed by atoms with Gasteiger partial charge < -0.3 is 9.64 Å². The first kappa shape index (κ1) is 21.2. The molecule has 0 saturated carbocycles. The summed E-state index contributed by atoms with van der Waals surface area (Å²) in [6.07, 6.45) is 0.529. The number of aryl methyl sites for hydroxylation is 1. The summed E-state index contributed by atoms with van der Waals surface area (Å²) in [5, 5.41) is 9.91. The van der Waals surface area contributed by atoms with E-state index in [9.17, 15) is 14.9 Å². The Morgan fingerprint density at radius 3 is 2.45 bits per heavy atom. The molecular weight excluding hydrogens is 410 g/mol. The van der Waals surface area contributed by atoms with Crippen molar-refractivity contribution in [3.63, 3.8) is 0 Å². The average molecular weight is 434 g/mol. The van der Waals surface area contributed by atoms with Crippen molar-refractivity contribution in [2.75, 3.05) is 31.2 Å². The largest absolute Gasteiger partial charge is 0.378 e. The lowest BCUT2D eigenvalue weighted by Gasteiger charge is -2.27. The summed E-state index contributed by atoms with van der Waals surface area (Å²) in [4.78, 5) is 29.7. The van der Waals surface area contributed by atoms with E-state index in [0.717, 1.165) is 11.1 Å². The van der Waals surface area contributed by atoms with Gasteiger partial charge in [-0.2, -0.15) is 5.26 Å². The molecule has 2 aromatic carbocycles. The summed E-state index contributed by atoms with van der Waals surface area (Å²) in [6, 6.07) is 19.4. The number of hydrogen-bond acceptors (Lipinski definition) is 5. The van der Waals surface area contributed by atoms with Gasteiger partial charge in [0.1, 0.15) is 16.7 Å². The Labute approximate surface area is 186 Å². The summed E-state index contributed by atoms with van der Waals surface area (Å²) in [6.45, 7) is 3.80. The first-order valence-corrected chi connectivity index (χ1v) is 11.1. The number of benzene rings is 2. The highest BCUT2D eigenvalue weighted by molar-refractivity contribution is 8.05. The van der Waals surface area contributed by atoms with Crippen molar-refractivity contribution in [1.29, 1.82) is 5.26 Å². The number of anilines is 1. The second-order valence-electron chi connectivity index (χ2n) is 7.50. The molecule has 0 bridgehead atoms. The topological polar surface area (TPSA) is 73.6 Å². The number of thioether (sulfide) groups is 1. The summed E-state index contributed by atoms with van der Waals surface area (Å²) in [5.74, 6) is -0.465. The maximum absolute atomic E-state index is 13.4. The minimum atomic E-state index is -0.404. The van der Waals surface area contributed by atoms with Gasteiger partial charge in [-0.15, -0.1) is 0 Å². The number of hydrogen-bond donors (Lipinski definition) is 0. The summed E-state index contributed by atoms with van der Waals surface area (Å²) in [7, 11) is 0. The molecule has 6 nitrogen and oxygen atoms in total. The fourth-order valence-corrected chi connectivity index (χ4v) is 4.96. The SMILES string of the molecule is Cc1ccc(CC2S/C(=C(\C#N)C(=O)N3CCOCC3)N(c3ccccc3)C2=O)cc1. The van der Waals surface area contributed by atoms with E-state index in [4.69, 9.17) is 4.74 Å². The van der Waals surface area contributed by atoms with Crippen molar-refractivity contribution in [2.45, 2.75) is 18.6 Å². The first-order valence-electron chi connectivity index (χ1n) is 10.2. The third kappa shape index (κ3) is 4.50. The van der Waals surface area contributed by atoms with Gasteiger partial charge in [0, 0.05) is 18.8 Å². The van der Waals surface area contributed by atoms with Crippen molar-refractivity contribution in [2.24, 2.45) is 0 Å². The van der Waals surface area contributed by atoms with E-state index in [-0.39, 0.29) is 17.4 Å². The molecule has 2 fully saturated rings. The van der Waals surface area contributed by atoms with E-state index in [1.807, 2.05) is 61.5 Å². The molecule has 4 rings (SSSR count). The zero-order valence-electron chi connectivity index (χ0n) is 17.3. The number of morpholine rings is 1. The number of carbonyl (C=O) groups is 2. The van der Waals surface area contributed by atoms with Crippen LogP contribution in [0.15, 0.2) is 65.2 Å². The molecule has 0 N–H and O–H groups in total. The molecule has 2 aromatic rings. The Morgan fingerprint density at radius 2 is 1.81 bits per heavy atom. The van der Waals surface area contributed by atoms with Crippen LogP contribution in [0.25, 0.3) is 0 Å². The van der Waals surface area contributed by atoms with E-state index in [0.29, 0.717) is 43.4 Å². The van der Waals surface area contributed by atoms with Crippen molar-refractivity contribution in [1.82, 2.24) is 4.90 Å². The van der Waals surface area contributed by atoms with Gasteiger partial charge in [0.05, 0.1) is 18.5 Å². The molecule has 0 spiro atoms. The Kier molecular flexibility index (Phi) is 6.40. The van der Waals surface area contributed by atoms with Crippen molar-refractivity contribution in [3.05, 3.63) is 76.3 Å². The Bertz CT molecular complexity index is 1040. The standard InChI is InChI=1S/C24H23N3O3S/c1-17-7-9-18(10-8-17)15-21-23(29)27(19-5-3-2-4-6-19)24(31-21)20(16-25)22(28)26-11-13-30-14-12-26/h2-10,21H,11-15H2,1H3/b24-20+. The maximum atomic E-state index is 13.4. The lowest BCUT2D eigenvalue weighted by Crippen LogP contribution is -2.42. The van der Waals surface area contributed by atoms with Crippen LogP contribution in [-0.2, 0) is 20.7 Å². The van der Waals surface area contributed by atoms with Crippen LogP contribution >= 0.6 is 11.8 Å². The molecular formula is C24H23N3O3S. The second-order valence-corrected chi connectivity index (χ2v) is 8.69. The molecule has 2 saturated heterocycles. The van der Waals surface area contributed by atoms with E-state index in [1.165, 1.54) is 16.7 Å². The molecule has 7 heteroatoms. The summed E-state index contributed by atoms with van der Waals surface area (Å²) in [5.41, 5.74) is 2.87. The number of para-hydroxylation sites is 1. The first-order chi connectivity index (χ1) is 15.1. The van der Waals surface area contributed by atoms with Gasteiger partial charge in [0.2, 0.25) is 5.91 Å². The molecule has 31 heavy (non-hydrogen) atoms. The van der Waals surface area contributed by atoms with Crippen molar-refractivity contribution >= 4 is 29.3 Å². The number of nitriles is 1. The number of ether oxygens (including phenoxy) is 1. The lowest BCUT2D eigenvalue weighted by atomic mass is 10.1. The lowest BCUT2D eigenvalue weighted by molar-refractivity contribution is -0.130. The number of nitrogens with zero attached hydrogens (tertiary/aromatic N) is 3. The van der Waals surface area contributed by atoms with Gasteiger partial charge in [0.15, 0.2) is 0 Å². The molecule has 1 unspecified atom stereocenters.